The van der Waals surface area contributed by atoms with Gasteiger partial charge in [0.2, 0.25) is 11.8 Å². The number of benzene rings is 1. The predicted molar refractivity (Wildman–Crippen MR) is 103 cm³/mol. The van der Waals surface area contributed by atoms with Gasteiger partial charge in [0.05, 0.1) is 11.1 Å². The summed E-state index contributed by atoms with van der Waals surface area (Å²) in [6, 6.07) is 6.03. The first kappa shape index (κ1) is 18.4. The number of nitrogens with zero attached hydrogens (tertiary/aromatic N) is 1. The molecule has 0 aromatic heterocycles. The Morgan fingerprint density at radius 1 is 0.966 bits per heavy atom. The quantitative estimate of drug-likeness (QED) is 0.639. The van der Waals surface area contributed by atoms with Gasteiger partial charge >= 0.3 is 0 Å². The number of hydrogen-bond donors (Lipinski definition) is 3. The summed E-state index contributed by atoms with van der Waals surface area (Å²) in [4.78, 5) is 50.2. The molecule has 3 saturated heterocycles. The molecule has 4 aliphatic heterocycles. The molecule has 0 spiro atoms. The first-order chi connectivity index (χ1) is 14.0. The van der Waals surface area contributed by atoms with Gasteiger partial charge in [-0.1, -0.05) is 6.07 Å². The summed E-state index contributed by atoms with van der Waals surface area (Å²) in [5.41, 5.74) is 1.61. The van der Waals surface area contributed by atoms with Crippen molar-refractivity contribution in [3.63, 3.8) is 0 Å². The summed E-state index contributed by atoms with van der Waals surface area (Å²) in [6.45, 7) is 0.636. The number of carbonyl (C=O) groups excluding carboxylic acids is 4. The fraction of sp³-hybridized carbons (Fsp3) is 0.524. The molecule has 4 aliphatic rings. The predicted octanol–water partition coefficient (Wildman–Crippen LogP) is 0.460. The number of nitrogens with one attached hydrogen (secondary N) is 3. The Hall–Kier alpha value is -2.58. The maximum atomic E-state index is 12.9. The van der Waals surface area contributed by atoms with E-state index in [1.54, 1.807) is 12.1 Å². The molecular weight excluding hydrogens is 372 g/mol. The van der Waals surface area contributed by atoms with Gasteiger partial charge in [0.15, 0.2) is 0 Å². The molecule has 3 unspecified atom stereocenters. The second-order valence-corrected chi connectivity index (χ2v) is 8.51. The molecule has 1 aromatic carbocycles. The molecular formula is C21H24N4O4. The summed E-state index contributed by atoms with van der Waals surface area (Å²) < 4.78 is 0. The van der Waals surface area contributed by atoms with E-state index in [9.17, 15) is 19.2 Å². The molecule has 8 nitrogen and oxygen atoms in total. The van der Waals surface area contributed by atoms with E-state index < -0.39 is 23.8 Å². The van der Waals surface area contributed by atoms with Crippen LogP contribution in [0.3, 0.4) is 0 Å². The smallest absolute Gasteiger partial charge is 0.262 e. The van der Waals surface area contributed by atoms with Crippen LogP contribution < -0.4 is 16.0 Å². The van der Waals surface area contributed by atoms with Gasteiger partial charge in [-0.2, -0.15) is 0 Å². The highest BCUT2D eigenvalue weighted by atomic mass is 16.2. The molecule has 3 fully saturated rings. The lowest BCUT2D eigenvalue weighted by Crippen LogP contribution is -2.54. The average molecular weight is 396 g/mol. The highest BCUT2D eigenvalue weighted by molar-refractivity contribution is 6.23. The van der Waals surface area contributed by atoms with Gasteiger partial charge in [-0.25, -0.2) is 0 Å². The van der Waals surface area contributed by atoms with Gasteiger partial charge in [-0.05, 0) is 49.8 Å². The summed E-state index contributed by atoms with van der Waals surface area (Å²) >= 11 is 0. The zero-order valence-electron chi connectivity index (χ0n) is 16.1. The number of hydrogen-bond acceptors (Lipinski definition) is 6. The molecule has 1 aromatic rings. The topological polar surface area (TPSA) is 108 Å². The van der Waals surface area contributed by atoms with Crippen LogP contribution >= 0.6 is 0 Å². The van der Waals surface area contributed by atoms with Crippen LogP contribution in [-0.2, 0) is 16.1 Å². The Balaban J connectivity index is 1.29. The molecule has 3 atom stereocenters. The molecule has 152 valence electrons. The Labute approximate surface area is 168 Å². The van der Waals surface area contributed by atoms with Crippen molar-refractivity contribution in [2.75, 3.05) is 0 Å². The number of rotatable bonds is 4. The minimum absolute atomic E-state index is 0.122. The number of piperidine rings is 2. The number of carbonyl (C=O) groups is 4. The van der Waals surface area contributed by atoms with Crippen molar-refractivity contribution in [3.8, 4) is 0 Å². The molecule has 4 heterocycles. The van der Waals surface area contributed by atoms with Crippen LogP contribution in [-0.4, -0.2) is 52.7 Å². The fourth-order valence-electron chi connectivity index (χ4n) is 5.11. The monoisotopic (exact) mass is 396 g/mol. The van der Waals surface area contributed by atoms with E-state index >= 15 is 0 Å². The Kier molecular flexibility index (Phi) is 4.48. The Bertz CT molecular complexity index is 902. The van der Waals surface area contributed by atoms with Crippen LogP contribution in [0.1, 0.15) is 64.8 Å². The lowest BCUT2D eigenvalue weighted by molar-refractivity contribution is -0.136. The van der Waals surface area contributed by atoms with E-state index in [-0.39, 0.29) is 18.7 Å². The second-order valence-electron chi connectivity index (χ2n) is 8.51. The van der Waals surface area contributed by atoms with Crippen LogP contribution in [0, 0.1) is 0 Å². The normalized spacial score (nSPS) is 31.2. The van der Waals surface area contributed by atoms with Crippen LogP contribution in [0.15, 0.2) is 18.2 Å². The summed E-state index contributed by atoms with van der Waals surface area (Å²) in [7, 11) is 0. The average Bonchev–Trinajstić information content (AvgIpc) is 3.17. The van der Waals surface area contributed by atoms with Gasteiger partial charge in [-0.15, -0.1) is 0 Å². The minimum Gasteiger partial charge on any atom is -0.311 e. The molecule has 29 heavy (non-hydrogen) atoms. The first-order valence-corrected chi connectivity index (χ1v) is 10.3. The third kappa shape index (κ3) is 3.26. The Morgan fingerprint density at radius 2 is 1.69 bits per heavy atom. The second kappa shape index (κ2) is 7.03. The molecule has 0 aliphatic carbocycles. The molecule has 4 amide bonds. The van der Waals surface area contributed by atoms with Crippen molar-refractivity contribution >= 4 is 23.6 Å². The summed E-state index contributed by atoms with van der Waals surface area (Å²) in [6.07, 6.45) is 5.01. The van der Waals surface area contributed by atoms with E-state index in [4.69, 9.17) is 0 Å². The Morgan fingerprint density at radius 3 is 2.41 bits per heavy atom. The lowest BCUT2D eigenvalue weighted by atomic mass is 9.99. The third-order valence-electron chi connectivity index (χ3n) is 6.57. The van der Waals surface area contributed by atoms with E-state index in [2.05, 4.69) is 16.0 Å². The highest BCUT2D eigenvalue weighted by Gasteiger charge is 2.44. The number of imide groups is 2. The molecule has 5 rings (SSSR count). The number of fused-ring (bicyclic) bond motifs is 3. The zero-order valence-corrected chi connectivity index (χ0v) is 16.1. The first-order valence-electron chi connectivity index (χ1n) is 10.3. The van der Waals surface area contributed by atoms with Gasteiger partial charge in [0.1, 0.15) is 6.04 Å². The van der Waals surface area contributed by atoms with Crippen LogP contribution in [0.25, 0.3) is 0 Å². The highest BCUT2D eigenvalue weighted by Crippen LogP contribution is 2.29. The van der Waals surface area contributed by atoms with Gasteiger partial charge in [0, 0.05) is 31.1 Å². The van der Waals surface area contributed by atoms with Crippen LogP contribution in [0.4, 0.5) is 0 Å². The molecule has 3 N–H and O–H groups in total. The SMILES string of the molecule is O=C1CCC(N2C(=O)c3ccc(CNC4CC5CCC(C4)N5)cc3C2=O)C(=O)N1. The molecule has 2 bridgehead atoms. The maximum absolute atomic E-state index is 12.9. The van der Waals surface area contributed by atoms with Crippen molar-refractivity contribution in [1.82, 2.24) is 20.9 Å². The van der Waals surface area contributed by atoms with Crippen molar-refractivity contribution in [2.24, 2.45) is 0 Å². The van der Waals surface area contributed by atoms with E-state index in [1.807, 2.05) is 6.07 Å². The van der Waals surface area contributed by atoms with Crippen molar-refractivity contribution in [2.45, 2.75) is 69.2 Å². The maximum Gasteiger partial charge on any atom is 0.262 e. The molecule has 0 saturated carbocycles. The van der Waals surface area contributed by atoms with E-state index in [1.165, 1.54) is 12.8 Å². The van der Waals surface area contributed by atoms with Crippen molar-refractivity contribution in [3.05, 3.63) is 34.9 Å². The van der Waals surface area contributed by atoms with Crippen LogP contribution in [0.5, 0.6) is 0 Å². The van der Waals surface area contributed by atoms with Gasteiger partial charge in [-0.3, -0.25) is 29.4 Å². The molecule has 8 heteroatoms. The van der Waals surface area contributed by atoms with Crippen molar-refractivity contribution < 1.29 is 19.2 Å². The van der Waals surface area contributed by atoms with Crippen LogP contribution in [0.2, 0.25) is 0 Å². The summed E-state index contributed by atoms with van der Waals surface area (Å²) in [5.74, 6) is -1.88. The van der Waals surface area contributed by atoms with E-state index in [0.717, 1.165) is 23.3 Å². The minimum atomic E-state index is -0.924. The third-order valence-corrected chi connectivity index (χ3v) is 6.57. The largest absolute Gasteiger partial charge is 0.311 e. The van der Waals surface area contributed by atoms with Gasteiger partial charge in [0.25, 0.3) is 11.8 Å². The van der Waals surface area contributed by atoms with Gasteiger partial charge < -0.3 is 10.6 Å². The summed E-state index contributed by atoms with van der Waals surface area (Å²) in [5, 5.41) is 9.43. The zero-order chi connectivity index (χ0) is 20.1. The fourth-order valence-corrected chi connectivity index (χ4v) is 5.11. The lowest BCUT2D eigenvalue weighted by Gasteiger charge is -2.29. The molecule has 0 radical (unpaired) electrons. The standard InChI is InChI=1S/C21H24N4O4/c26-18-6-5-17(19(27)24-18)25-20(28)15-4-1-11(7-16(15)21(25)29)10-22-14-8-12-2-3-13(9-14)23-12/h1,4,7,12-14,17,22-23H,2-3,5-6,8-10H2,(H,24,26,27). The number of amides is 4. The van der Waals surface area contributed by atoms with E-state index in [0.29, 0.717) is 35.8 Å². The van der Waals surface area contributed by atoms with Crippen molar-refractivity contribution in [1.29, 1.82) is 0 Å².